The molecule has 17 heavy (non-hydrogen) atoms. The monoisotopic (exact) mass is 238 g/mol. The highest BCUT2D eigenvalue weighted by Gasteiger charge is 2.38. The maximum atomic E-state index is 3.69. The van der Waals surface area contributed by atoms with Crippen molar-refractivity contribution in [1.29, 1.82) is 0 Å². The second kappa shape index (κ2) is 6.75. The first-order valence-electron chi connectivity index (χ1n) is 7.76. The first-order valence-corrected chi connectivity index (χ1v) is 7.76. The van der Waals surface area contributed by atoms with Crippen LogP contribution in [0, 0.1) is 17.8 Å². The average molecular weight is 238 g/mol. The molecule has 0 aromatic rings. The second-order valence-electron chi connectivity index (χ2n) is 6.07. The zero-order chi connectivity index (χ0) is 12.1. The Bertz CT molecular complexity index is 217. The van der Waals surface area contributed by atoms with E-state index in [2.05, 4.69) is 24.1 Å². The molecule has 2 saturated carbocycles. The quantitative estimate of drug-likeness (QED) is 0.654. The minimum absolute atomic E-state index is 1.01. The topological polar surface area (TPSA) is 15.3 Å². The number of nitrogens with one attached hydrogen (secondary N) is 1. The first kappa shape index (κ1) is 13.4. The Morgan fingerprint density at radius 3 is 2.59 bits per heavy atom. The van der Waals surface area contributed by atoms with E-state index in [1.54, 1.807) is 6.42 Å². The molecule has 0 amide bonds. The van der Waals surface area contributed by atoms with Gasteiger partial charge >= 0.3 is 0 Å². The Hall–Kier alpha value is -0.0800. The van der Waals surface area contributed by atoms with E-state index in [0.717, 1.165) is 17.8 Å². The van der Waals surface area contributed by atoms with Gasteiger partial charge in [0, 0.05) is 13.1 Å². The molecule has 0 aliphatic heterocycles. The van der Waals surface area contributed by atoms with Crippen molar-refractivity contribution >= 4 is 0 Å². The Labute approximate surface area is 107 Å². The molecule has 0 saturated heterocycles. The SMILES string of the molecule is CCCN(CC)CCNCC1CC2CCC1C2. The van der Waals surface area contributed by atoms with Crippen molar-refractivity contribution in [3.8, 4) is 0 Å². The van der Waals surface area contributed by atoms with Crippen molar-refractivity contribution in [3.05, 3.63) is 0 Å². The number of hydrogen-bond acceptors (Lipinski definition) is 2. The van der Waals surface area contributed by atoms with Crippen LogP contribution in [-0.2, 0) is 0 Å². The second-order valence-corrected chi connectivity index (χ2v) is 6.07. The molecule has 2 rings (SSSR count). The molecule has 2 aliphatic rings. The molecular formula is C15H30N2. The maximum absolute atomic E-state index is 3.69. The van der Waals surface area contributed by atoms with Gasteiger partial charge in [0.25, 0.3) is 0 Å². The first-order chi connectivity index (χ1) is 8.33. The zero-order valence-electron chi connectivity index (χ0n) is 11.8. The van der Waals surface area contributed by atoms with Gasteiger partial charge in [-0.25, -0.2) is 0 Å². The van der Waals surface area contributed by atoms with Gasteiger partial charge in [0.15, 0.2) is 0 Å². The van der Waals surface area contributed by atoms with Crippen LogP contribution in [-0.4, -0.2) is 37.6 Å². The zero-order valence-corrected chi connectivity index (χ0v) is 11.8. The lowest BCUT2D eigenvalue weighted by atomic mass is 9.89. The van der Waals surface area contributed by atoms with Crippen LogP contribution in [0.15, 0.2) is 0 Å². The molecule has 2 bridgehead atoms. The van der Waals surface area contributed by atoms with Gasteiger partial charge in [0.2, 0.25) is 0 Å². The van der Waals surface area contributed by atoms with E-state index in [9.17, 15) is 0 Å². The molecule has 100 valence electrons. The third-order valence-corrected chi connectivity index (χ3v) is 4.88. The Kier molecular flexibility index (Phi) is 5.30. The van der Waals surface area contributed by atoms with E-state index in [1.807, 2.05) is 0 Å². The highest BCUT2D eigenvalue weighted by atomic mass is 15.1. The van der Waals surface area contributed by atoms with Gasteiger partial charge in [-0.3, -0.25) is 0 Å². The molecule has 1 N–H and O–H groups in total. The van der Waals surface area contributed by atoms with Gasteiger partial charge in [-0.1, -0.05) is 20.3 Å². The summed E-state index contributed by atoms with van der Waals surface area (Å²) >= 11 is 0. The van der Waals surface area contributed by atoms with Crippen molar-refractivity contribution in [2.75, 3.05) is 32.7 Å². The molecule has 0 aromatic heterocycles. The number of hydrogen-bond donors (Lipinski definition) is 1. The number of likely N-dealkylation sites (N-methyl/N-ethyl adjacent to an activating group) is 1. The molecule has 3 atom stereocenters. The van der Waals surface area contributed by atoms with E-state index in [-0.39, 0.29) is 0 Å². The fourth-order valence-electron chi connectivity index (χ4n) is 3.90. The fraction of sp³-hybridized carbons (Fsp3) is 1.00. The summed E-state index contributed by atoms with van der Waals surface area (Å²) in [4.78, 5) is 2.55. The van der Waals surface area contributed by atoms with Gasteiger partial charge in [-0.2, -0.15) is 0 Å². The van der Waals surface area contributed by atoms with E-state index in [4.69, 9.17) is 0 Å². The summed E-state index contributed by atoms with van der Waals surface area (Å²) < 4.78 is 0. The van der Waals surface area contributed by atoms with Crippen LogP contribution in [0.5, 0.6) is 0 Å². The minimum Gasteiger partial charge on any atom is -0.315 e. The van der Waals surface area contributed by atoms with Gasteiger partial charge in [0.05, 0.1) is 0 Å². The van der Waals surface area contributed by atoms with Crippen molar-refractivity contribution in [3.63, 3.8) is 0 Å². The van der Waals surface area contributed by atoms with Gasteiger partial charge < -0.3 is 10.2 Å². The lowest BCUT2D eigenvalue weighted by Crippen LogP contribution is -2.35. The highest BCUT2D eigenvalue weighted by molar-refractivity contribution is 4.90. The summed E-state index contributed by atoms with van der Waals surface area (Å²) in [6.07, 6.45) is 7.39. The van der Waals surface area contributed by atoms with Crippen LogP contribution in [0.1, 0.15) is 46.0 Å². The van der Waals surface area contributed by atoms with Crippen molar-refractivity contribution in [1.82, 2.24) is 10.2 Å². The van der Waals surface area contributed by atoms with Gasteiger partial charge in [-0.15, -0.1) is 0 Å². The molecule has 2 nitrogen and oxygen atoms in total. The van der Waals surface area contributed by atoms with Crippen LogP contribution in [0.4, 0.5) is 0 Å². The minimum atomic E-state index is 1.01. The number of nitrogens with zero attached hydrogens (tertiary/aromatic N) is 1. The number of rotatable bonds is 8. The number of fused-ring (bicyclic) bond motifs is 2. The fourth-order valence-corrected chi connectivity index (χ4v) is 3.90. The molecule has 0 radical (unpaired) electrons. The predicted octanol–water partition coefficient (Wildman–Crippen LogP) is 2.74. The average Bonchev–Trinajstić information content (AvgIpc) is 2.95. The summed E-state index contributed by atoms with van der Waals surface area (Å²) in [5.74, 6) is 3.18. The smallest absolute Gasteiger partial charge is 0.0107 e. The summed E-state index contributed by atoms with van der Waals surface area (Å²) in [6, 6.07) is 0. The van der Waals surface area contributed by atoms with Crippen molar-refractivity contribution < 1.29 is 0 Å². The van der Waals surface area contributed by atoms with Crippen molar-refractivity contribution in [2.45, 2.75) is 46.0 Å². The third kappa shape index (κ3) is 3.69. The highest BCUT2D eigenvalue weighted by Crippen LogP contribution is 2.47. The van der Waals surface area contributed by atoms with Crippen molar-refractivity contribution in [2.24, 2.45) is 17.8 Å². The molecule has 3 unspecified atom stereocenters. The van der Waals surface area contributed by atoms with Crippen LogP contribution in [0.25, 0.3) is 0 Å². The van der Waals surface area contributed by atoms with E-state index >= 15 is 0 Å². The Morgan fingerprint density at radius 2 is 2.00 bits per heavy atom. The normalized spacial score (nSPS) is 31.6. The Balaban J connectivity index is 1.54. The van der Waals surface area contributed by atoms with Crippen LogP contribution in [0.3, 0.4) is 0 Å². The molecule has 0 aromatic carbocycles. The van der Waals surface area contributed by atoms with Crippen LogP contribution in [0.2, 0.25) is 0 Å². The summed E-state index contributed by atoms with van der Waals surface area (Å²) in [7, 11) is 0. The Morgan fingerprint density at radius 1 is 1.12 bits per heavy atom. The third-order valence-electron chi connectivity index (χ3n) is 4.88. The molecule has 0 spiro atoms. The molecule has 2 heteroatoms. The maximum Gasteiger partial charge on any atom is 0.0107 e. The predicted molar refractivity (Wildman–Crippen MR) is 74.2 cm³/mol. The van der Waals surface area contributed by atoms with Gasteiger partial charge in [0.1, 0.15) is 0 Å². The summed E-state index contributed by atoms with van der Waals surface area (Å²) in [5.41, 5.74) is 0. The molecular weight excluding hydrogens is 208 g/mol. The molecule has 2 aliphatic carbocycles. The van der Waals surface area contributed by atoms with Crippen LogP contribution < -0.4 is 5.32 Å². The lowest BCUT2D eigenvalue weighted by molar-refractivity contribution is 0.273. The standard InChI is InChI=1S/C15H30N2/c1-3-8-17(4-2)9-7-16-12-15-11-13-5-6-14(15)10-13/h13-16H,3-12H2,1-2H3. The largest absolute Gasteiger partial charge is 0.315 e. The van der Waals surface area contributed by atoms with Gasteiger partial charge in [-0.05, 0) is 63.1 Å². The summed E-state index contributed by atoms with van der Waals surface area (Å²) in [6.45, 7) is 10.7. The van der Waals surface area contributed by atoms with E-state index in [1.165, 1.54) is 58.4 Å². The lowest BCUT2D eigenvalue weighted by Gasteiger charge is -2.23. The summed E-state index contributed by atoms with van der Waals surface area (Å²) in [5, 5.41) is 3.69. The van der Waals surface area contributed by atoms with Crippen LogP contribution >= 0.6 is 0 Å². The molecule has 0 heterocycles. The van der Waals surface area contributed by atoms with E-state index in [0.29, 0.717) is 0 Å². The van der Waals surface area contributed by atoms with E-state index < -0.39 is 0 Å². The molecule has 2 fully saturated rings.